The van der Waals surface area contributed by atoms with Crippen LogP contribution in [-0.2, 0) is 4.79 Å². The molecule has 3 rings (SSSR count). The lowest BCUT2D eigenvalue weighted by Gasteiger charge is -2.11. The van der Waals surface area contributed by atoms with Crippen LogP contribution < -0.4 is 10.1 Å². The normalized spacial score (nSPS) is 10.6. The van der Waals surface area contributed by atoms with E-state index in [9.17, 15) is 4.79 Å². The van der Waals surface area contributed by atoms with Crippen LogP contribution in [0.15, 0.2) is 58.2 Å². The van der Waals surface area contributed by atoms with Gasteiger partial charge in [0.25, 0.3) is 5.22 Å². The fourth-order valence-corrected chi connectivity index (χ4v) is 3.00. The Morgan fingerprint density at radius 1 is 1.18 bits per heavy atom. The number of benzene rings is 2. The van der Waals surface area contributed by atoms with Crippen LogP contribution in [0.4, 0.5) is 5.69 Å². The first-order chi connectivity index (χ1) is 13.7. The minimum Gasteiger partial charge on any atom is -0.491 e. The van der Waals surface area contributed by atoms with Gasteiger partial charge >= 0.3 is 0 Å². The minimum absolute atomic E-state index is 0.144. The molecule has 3 aromatic rings. The molecule has 6 nitrogen and oxygen atoms in total. The second-order valence-electron chi connectivity index (χ2n) is 5.92. The van der Waals surface area contributed by atoms with Crippen LogP contribution in [0.3, 0.4) is 0 Å². The summed E-state index contributed by atoms with van der Waals surface area (Å²) in [5.74, 6) is 1.01. The first-order valence-electron chi connectivity index (χ1n) is 8.89. The number of carbonyl (C=O) groups excluding carboxylic acids is 1. The van der Waals surface area contributed by atoms with Crippen molar-refractivity contribution in [2.24, 2.45) is 0 Å². The molecule has 1 N–H and O–H groups in total. The fraction of sp³-hybridized carbons (Fsp3) is 0.250. The van der Waals surface area contributed by atoms with Crippen LogP contribution >= 0.6 is 23.4 Å². The Balaban J connectivity index is 1.54. The Labute approximate surface area is 172 Å². The van der Waals surface area contributed by atoms with Crippen LogP contribution in [0.2, 0.25) is 5.02 Å². The average Bonchev–Trinajstić information content (AvgIpc) is 3.17. The van der Waals surface area contributed by atoms with Gasteiger partial charge in [-0.3, -0.25) is 4.79 Å². The summed E-state index contributed by atoms with van der Waals surface area (Å²) in [6, 6.07) is 14.5. The standard InChI is InChI=1S/C20H20ClN3O3S/c1-2-3-12-26-17-7-5-4-6-16(17)22-18(25)13-28-20-24-23-19(27-20)14-8-10-15(21)11-9-14/h4-11H,2-3,12-13H2,1H3,(H,22,25). The van der Waals surface area contributed by atoms with E-state index in [-0.39, 0.29) is 11.7 Å². The molecule has 1 amide bonds. The van der Waals surface area contributed by atoms with E-state index in [0.717, 1.165) is 18.4 Å². The summed E-state index contributed by atoms with van der Waals surface area (Å²) in [4.78, 5) is 12.3. The predicted molar refractivity (Wildman–Crippen MR) is 111 cm³/mol. The van der Waals surface area contributed by atoms with Gasteiger partial charge in [0, 0.05) is 10.6 Å². The summed E-state index contributed by atoms with van der Waals surface area (Å²) < 4.78 is 11.3. The number of hydrogen-bond donors (Lipinski definition) is 1. The molecule has 0 spiro atoms. The molecular weight excluding hydrogens is 398 g/mol. The topological polar surface area (TPSA) is 77.2 Å². The number of anilines is 1. The third-order valence-corrected chi connectivity index (χ3v) is 4.81. The number of aromatic nitrogens is 2. The highest BCUT2D eigenvalue weighted by Gasteiger charge is 2.13. The number of thioether (sulfide) groups is 1. The van der Waals surface area contributed by atoms with Crippen LogP contribution in [0, 0.1) is 0 Å². The van der Waals surface area contributed by atoms with E-state index >= 15 is 0 Å². The summed E-state index contributed by atoms with van der Waals surface area (Å²) in [6.45, 7) is 2.72. The van der Waals surface area contributed by atoms with Gasteiger partial charge in [-0.15, -0.1) is 10.2 Å². The molecule has 2 aromatic carbocycles. The summed E-state index contributed by atoms with van der Waals surface area (Å²) in [6.07, 6.45) is 2.01. The number of ether oxygens (including phenoxy) is 1. The number of amides is 1. The molecule has 0 saturated heterocycles. The number of carbonyl (C=O) groups is 1. The van der Waals surface area contributed by atoms with E-state index in [2.05, 4.69) is 22.4 Å². The zero-order valence-electron chi connectivity index (χ0n) is 15.4. The van der Waals surface area contributed by atoms with E-state index in [1.807, 2.05) is 24.3 Å². The number of nitrogens with zero attached hydrogens (tertiary/aromatic N) is 2. The molecule has 146 valence electrons. The summed E-state index contributed by atoms with van der Waals surface area (Å²) in [5.41, 5.74) is 1.42. The van der Waals surface area contributed by atoms with Gasteiger partial charge in [-0.05, 0) is 42.8 Å². The van der Waals surface area contributed by atoms with Crippen LogP contribution in [-0.4, -0.2) is 28.5 Å². The second-order valence-corrected chi connectivity index (χ2v) is 7.28. The van der Waals surface area contributed by atoms with Crippen molar-refractivity contribution in [3.63, 3.8) is 0 Å². The molecule has 0 atom stereocenters. The molecule has 1 heterocycles. The highest BCUT2D eigenvalue weighted by atomic mass is 35.5. The molecule has 8 heteroatoms. The first kappa shape index (κ1) is 20.2. The monoisotopic (exact) mass is 417 g/mol. The molecule has 0 aliphatic heterocycles. The Hall–Kier alpha value is -2.51. The number of halogens is 1. The largest absolute Gasteiger partial charge is 0.491 e. The number of hydrogen-bond acceptors (Lipinski definition) is 6. The van der Waals surface area contributed by atoms with E-state index in [0.29, 0.717) is 34.2 Å². The Morgan fingerprint density at radius 3 is 2.75 bits per heavy atom. The SMILES string of the molecule is CCCCOc1ccccc1NC(=O)CSc1nnc(-c2ccc(Cl)cc2)o1. The van der Waals surface area contributed by atoms with Crippen molar-refractivity contribution in [1.82, 2.24) is 10.2 Å². The molecule has 0 saturated carbocycles. The smallest absolute Gasteiger partial charge is 0.277 e. The van der Waals surface area contributed by atoms with Gasteiger partial charge in [0.1, 0.15) is 5.75 Å². The van der Waals surface area contributed by atoms with Crippen molar-refractivity contribution in [1.29, 1.82) is 0 Å². The molecule has 0 bridgehead atoms. The molecule has 28 heavy (non-hydrogen) atoms. The summed E-state index contributed by atoms with van der Waals surface area (Å²) in [7, 11) is 0. The molecule has 0 aliphatic rings. The maximum atomic E-state index is 12.3. The Morgan fingerprint density at radius 2 is 1.96 bits per heavy atom. The Kier molecular flexibility index (Phi) is 7.33. The van der Waals surface area contributed by atoms with Crippen LogP contribution in [0.5, 0.6) is 5.75 Å². The van der Waals surface area contributed by atoms with Crippen molar-refractivity contribution < 1.29 is 13.9 Å². The Bertz CT molecular complexity index is 915. The van der Waals surface area contributed by atoms with Gasteiger partial charge < -0.3 is 14.5 Å². The molecule has 1 aromatic heterocycles. The number of para-hydroxylation sites is 2. The number of nitrogens with one attached hydrogen (secondary N) is 1. The van der Waals surface area contributed by atoms with Crippen LogP contribution in [0.25, 0.3) is 11.5 Å². The van der Waals surface area contributed by atoms with Gasteiger partial charge in [0.15, 0.2) is 0 Å². The number of rotatable bonds is 9. The minimum atomic E-state index is -0.178. The van der Waals surface area contributed by atoms with E-state index in [4.69, 9.17) is 20.8 Å². The molecule has 0 unspecified atom stereocenters. The third kappa shape index (κ3) is 5.74. The lowest BCUT2D eigenvalue weighted by Crippen LogP contribution is -2.15. The van der Waals surface area contributed by atoms with Gasteiger partial charge in [-0.2, -0.15) is 0 Å². The van der Waals surface area contributed by atoms with Crippen molar-refractivity contribution in [3.05, 3.63) is 53.6 Å². The van der Waals surface area contributed by atoms with Gasteiger partial charge in [-0.1, -0.05) is 48.8 Å². The average molecular weight is 418 g/mol. The zero-order valence-corrected chi connectivity index (χ0v) is 16.9. The van der Waals surface area contributed by atoms with Crippen LogP contribution in [0.1, 0.15) is 19.8 Å². The van der Waals surface area contributed by atoms with Crippen molar-refractivity contribution in [3.8, 4) is 17.2 Å². The predicted octanol–water partition coefficient (Wildman–Crippen LogP) is 5.30. The van der Waals surface area contributed by atoms with E-state index in [1.54, 1.807) is 24.3 Å². The molecule has 0 fully saturated rings. The number of unbranched alkanes of at least 4 members (excludes halogenated alkanes) is 1. The zero-order chi connectivity index (χ0) is 19.8. The summed E-state index contributed by atoms with van der Waals surface area (Å²) >= 11 is 7.05. The molecule has 0 aliphatic carbocycles. The maximum Gasteiger partial charge on any atom is 0.277 e. The highest BCUT2D eigenvalue weighted by Crippen LogP contribution is 2.26. The molecular formula is C20H20ClN3O3S. The van der Waals surface area contributed by atoms with E-state index < -0.39 is 0 Å². The fourth-order valence-electron chi connectivity index (χ4n) is 2.31. The highest BCUT2D eigenvalue weighted by molar-refractivity contribution is 7.99. The molecule has 0 radical (unpaired) electrons. The maximum absolute atomic E-state index is 12.3. The van der Waals surface area contributed by atoms with Gasteiger partial charge in [0.05, 0.1) is 18.0 Å². The van der Waals surface area contributed by atoms with Crippen molar-refractivity contribution >= 4 is 35.0 Å². The third-order valence-electron chi connectivity index (χ3n) is 3.74. The van der Waals surface area contributed by atoms with Crippen molar-refractivity contribution in [2.45, 2.75) is 25.0 Å². The van der Waals surface area contributed by atoms with Gasteiger partial charge in [-0.25, -0.2) is 0 Å². The van der Waals surface area contributed by atoms with Crippen molar-refractivity contribution in [2.75, 3.05) is 17.7 Å². The quantitative estimate of drug-likeness (QED) is 0.376. The summed E-state index contributed by atoms with van der Waals surface area (Å²) in [5, 5.41) is 11.8. The van der Waals surface area contributed by atoms with E-state index in [1.165, 1.54) is 11.8 Å². The second kappa shape index (κ2) is 10.1. The first-order valence-corrected chi connectivity index (χ1v) is 10.3. The lowest BCUT2D eigenvalue weighted by atomic mass is 10.2. The van der Waals surface area contributed by atoms with Gasteiger partial charge in [0.2, 0.25) is 11.8 Å². The lowest BCUT2D eigenvalue weighted by molar-refractivity contribution is -0.113.